The van der Waals surface area contributed by atoms with E-state index in [9.17, 15) is 9.18 Å². The molecule has 1 fully saturated rings. The van der Waals surface area contributed by atoms with E-state index in [4.69, 9.17) is 4.42 Å². The molecule has 0 radical (unpaired) electrons. The van der Waals surface area contributed by atoms with Crippen molar-refractivity contribution >= 4 is 11.6 Å². The van der Waals surface area contributed by atoms with Gasteiger partial charge in [-0.15, -0.1) is 0 Å². The molecule has 0 N–H and O–H groups in total. The van der Waals surface area contributed by atoms with Crippen LogP contribution in [0.15, 0.2) is 59.0 Å². The second-order valence-electron chi connectivity index (χ2n) is 7.17. The van der Waals surface area contributed by atoms with Crippen molar-refractivity contribution in [1.29, 1.82) is 0 Å². The van der Waals surface area contributed by atoms with Gasteiger partial charge >= 0.3 is 0 Å². The zero-order chi connectivity index (χ0) is 19.7. The maximum Gasteiger partial charge on any atom is 0.289 e. The Bertz CT molecular complexity index is 986. The van der Waals surface area contributed by atoms with E-state index in [1.807, 2.05) is 4.90 Å². The van der Waals surface area contributed by atoms with Gasteiger partial charge in [0.05, 0.1) is 0 Å². The summed E-state index contributed by atoms with van der Waals surface area (Å²) in [6, 6.07) is 15.8. The third kappa shape index (κ3) is 3.52. The van der Waals surface area contributed by atoms with Crippen LogP contribution in [0.2, 0.25) is 0 Å². The molecule has 0 atom stereocenters. The van der Waals surface area contributed by atoms with Crippen molar-refractivity contribution in [3.63, 3.8) is 0 Å². The lowest BCUT2D eigenvalue weighted by Gasteiger charge is -2.36. The molecule has 2 aromatic carbocycles. The maximum absolute atomic E-state index is 13.1. The van der Waals surface area contributed by atoms with Crippen molar-refractivity contribution in [2.24, 2.45) is 0 Å². The van der Waals surface area contributed by atoms with E-state index in [-0.39, 0.29) is 11.7 Å². The molecule has 4 rings (SSSR count). The number of rotatable bonds is 3. The SMILES string of the molecule is Cc1cccc(N2CCN(C(=O)c3ccc(-c4ccc(F)cc4)o3)CC2)c1C. The molecule has 0 saturated carbocycles. The van der Waals surface area contributed by atoms with Crippen LogP contribution in [0.1, 0.15) is 21.7 Å². The van der Waals surface area contributed by atoms with E-state index in [0.717, 1.165) is 18.7 Å². The Labute approximate surface area is 164 Å². The van der Waals surface area contributed by atoms with Crippen LogP contribution in [0.5, 0.6) is 0 Å². The summed E-state index contributed by atoms with van der Waals surface area (Å²) >= 11 is 0. The zero-order valence-electron chi connectivity index (χ0n) is 16.1. The van der Waals surface area contributed by atoms with Crippen molar-refractivity contribution in [3.05, 3.63) is 77.3 Å². The molecular formula is C23H23FN2O2. The Balaban J connectivity index is 1.43. The minimum absolute atomic E-state index is 0.103. The van der Waals surface area contributed by atoms with Gasteiger partial charge in [0.2, 0.25) is 0 Å². The summed E-state index contributed by atoms with van der Waals surface area (Å²) in [7, 11) is 0. The van der Waals surface area contributed by atoms with Crippen LogP contribution in [0.25, 0.3) is 11.3 Å². The number of hydrogen-bond acceptors (Lipinski definition) is 3. The smallest absolute Gasteiger partial charge is 0.289 e. The molecule has 2 heterocycles. The molecule has 0 unspecified atom stereocenters. The van der Waals surface area contributed by atoms with Gasteiger partial charge in [0.1, 0.15) is 11.6 Å². The van der Waals surface area contributed by atoms with Crippen LogP contribution in [0.3, 0.4) is 0 Å². The molecule has 4 nitrogen and oxygen atoms in total. The second kappa shape index (κ2) is 7.50. The third-order valence-corrected chi connectivity index (χ3v) is 5.43. The van der Waals surface area contributed by atoms with Crippen LogP contribution in [0.4, 0.5) is 10.1 Å². The van der Waals surface area contributed by atoms with Crippen molar-refractivity contribution in [3.8, 4) is 11.3 Å². The van der Waals surface area contributed by atoms with Gasteiger partial charge in [-0.25, -0.2) is 4.39 Å². The summed E-state index contributed by atoms with van der Waals surface area (Å²) in [5.41, 5.74) is 4.56. The van der Waals surface area contributed by atoms with Crippen LogP contribution in [0, 0.1) is 19.7 Å². The lowest BCUT2D eigenvalue weighted by atomic mass is 10.1. The van der Waals surface area contributed by atoms with Crippen molar-refractivity contribution in [1.82, 2.24) is 4.90 Å². The van der Waals surface area contributed by atoms with Gasteiger partial charge in [0, 0.05) is 37.4 Å². The second-order valence-corrected chi connectivity index (χ2v) is 7.17. The monoisotopic (exact) mass is 378 g/mol. The summed E-state index contributed by atoms with van der Waals surface area (Å²) in [4.78, 5) is 17.0. The van der Waals surface area contributed by atoms with E-state index in [1.165, 1.54) is 28.9 Å². The average Bonchev–Trinajstić information content (AvgIpc) is 3.20. The Morgan fingerprint density at radius 1 is 0.929 bits per heavy atom. The highest BCUT2D eigenvalue weighted by Gasteiger charge is 2.25. The van der Waals surface area contributed by atoms with Gasteiger partial charge in [-0.2, -0.15) is 0 Å². The predicted octanol–water partition coefficient (Wildman–Crippen LogP) is 4.66. The van der Waals surface area contributed by atoms with Gasteiger partial charge < -0.3 is 14.2 Å². The summed E-state index contributed by atoms with van der Waals surface area (Å²) in [6.45, 7) is 7.15. The minimum Gasteiger partial charge on any atom is -0.451 e. The topological polar surface area (TPSA) is 36.7 Å². The number of nitrogens with zero attached hydrogens (tertiary/aromatic N) is 2. The molecule has 28 heavy (non-hydrogen) atoms. The quantitative estimate of drug-likeness (QED) is 0.665. The Morgan fingerprint density at radius 3 is 2.36 bits per heavy atom. The van der Waals surface area contributed by atoms with E-state index >= 15 is 0 Å². The molecule has 1 saturated heterocycles. The number of carbonyl (C=O) groups is 1. The van der Waals surface area contributed by atoms with E-state index < -0.39 is 0 Å². The number of anilines is 1. The fraction of sp³-hybridized carbons (Fsp3) is 0.261. The molecule has 0 bridgehead atoms. The fourth-order valence-electron chi connectivity index (χ4n) is 3.61. The number of carbonyl (C=O) groups excluding carboxylic acids is 1. The zero-order valence-corrected chi connectivity index (χ0v) is 16.1. The highest BCUT2D eigenvalue weighted by molar-refractivity contribution is 5.92. The Hall–Kier alpha value is -3.08. The first-order valence-electron chi connectivity index (χ1n) is 9.49. The highest BCUT2D eigenvalue weighted by Crippen LogP contribution is 2.26. The first-order chi connectivity index (χ1) is 13.5. The van der Waals surface area contributed by atoms with Gasteiger partial charge in [-0.3, -0.25) is 4.79 Å². The predicted molar refractivity (Wildman–Crippen MR) is 108 cm³/mol. The highest BCUT2D eigenvalue weighted by atomic mass is 19.1. The number of halogens is 1. The number of piperazine rings is 1. The molecule has 0 aliphatic carbocycles. The van der Waals surface area contributed by atoms with E-state index in [2.05, 4.69) is 36.9 Å². The lowest BCUT2D eigenvalue weighted by molar-refractivity contribution is 0.0715. The van der Waals surface area contributed by atoms with Gasteiger partial charge in [-0.1, -0.05) is 12.1 Å². The largest absolute Gasteiger partial charge is 0.451 e. The molecule has 1 amide bonds. The molecule has 5 heteroatoms. The standard InChI is InChI=1S/C23H23FN2O2/c1-16-4-3-5-20(17(16)2)25-12-14-26(15-13-25)23(27)22-11-10-21(28-22)18-6-8-19(24)9-7-18/h3-11H,12-15H2,1-2H3. The first kappa shape index (κ1) is 18.3. The van der Waals surface area contributed by atoms with Crippen LogP contribution >= 0.6 is 0 Å². The average molecular weight is 378 g/mol. The molecular weight excluding hydrogens is 355 g/mol. The Kier molecular flexibility index (Phi) is 4.90. The number of hydrogen-bond donors (Lipinski definition) is 0. The van der Waals surface area contributed by atoms with Crippen molar-refractivity contribution < 1.29 is 13.6 Å². The van der Waals surface area contributed by atoms with E-state index in [1.54, 1.807) is 24.3 Å². The number of benzene rings is 2. The molecule has 144 valence electrons. The third-order valence-electron chi connectivity index (χ3n) is 5.43. The van der Waals surface area contributed by atoms with Crippen molar-refractivity contribution in [2.45, 2.75) is 13.8 Å². The number of furan rings is 1. The lowest BCUT2D eigenvalue weighted by Crippen LogP contribution is -2.49. The molecule has 0 spiro atoms. The number of amides is 1. The summed E-state index contributed by atoms with van der Waals surface area (Å²) < 4.78 is 18.8. The first-order valence-corrected chi connectivity index (χ1v) is 9.49. The van der Waals surface area contributed by atoms with Crippen LogP contribution in [-0.4, -0.2) is 37.0 Å². The van der Waals surface area contributed by atoms with Crippen LogP contribution in [-0.2, 0) is 0 Å². The summed E-state index contributed by atoms with van der Waals surface area (Å²) in [5.74, 6) is 0.485. The molecule has 1 aromatic heterocycles. The van der Waals surface area contributed by atoms with Gasteiger partial charge in [0.15, 0.2) is 5.76 Å². The minimum atomic E-state index is -0.298. The summed E-state index contributed by atoms with van der Waals surface area (Å²) in [5, 5.41) is 0. The Morgan fingerprint density at radius 2 is 1.64 bits per heavy atom. The maximum atomic E-state index is 13.1. The molecule has 1 aliphatic heterocycles. The van der Waals surface area contributed by atoms with E-state index in [0.29, 0.717) is 24.6 Å². The van der Waals surface area contributed by atoms with Crippen LogP contribution < -0.4 is 4.90 Å². The summed E-state index contributed by atoms with van der Waals surface area (Å²) in [6.07, 6.45) is 0. The van der Waals surface area contributed by atoms with Gasteiger partial charge in [-0.05, 0) is 67.4 Å². The number of aryl methyl sites for hydroxylation is 1. The normalized spacial score (nSPS) is 14.4. The van der Waals surface area contributed by atoms with Gasteiger partial charge in [0.25, 0.3) is 5.91 Å². The molecule has 1 aliphatic rings. The molecule has 3 aromatic rings. The fourth-order valence-corrected chi connectivity index (χ4v) is 3.61. The van der Waals surface area contributed by atoms with Crippen molar-refractivity contribution in [2.75, 3.05) is 31.1 Å².